The highest BCUT2D eigenvalue weighted by molar-refractivity contribution is 4.61. The first kappa shape index (κ1) is 9.75. The molecule has 10 heavy (non-hydrogen) atoms. The zero-order chi connectivity index (χ0) is 8.20. The molecule has 0 aliphatic rings. The Morgan fingerprint density at radius 3 is 2.30 bits per heavy atom. The summed E-state index contributed by atoms with van der Waals surface area (Å²) in [6.45, 7) is 1.39. The van der Waals surface area contributed by atoms with Gasteiger partial charge in [-0.2, -0.15) is 8.78 Å². The Bertz CT molecular complexity index is 95.0. The lowest BCUT2D eigenvalue weighted by atomic mass is 10.2. The van der Waals surface area contributed by atoms with Gasteiger partial charge in [-0.25, -0.2) is 0 Å². The summed E-state index contributed by atoms with van der Waals surface area (Å²) in [7, 11) is 0. The van der Waals surface area contributed by atoms with Gasteiger partial charge in [-0.3, -0.25) is 4.39 Å². The summed E-state index contributed by atoms with van der Waals surface area (Å²) in [5.74, 6) is -1.35. The van der Waals surface area contributed by atoms with Crippen molar-refractivity contribution in [2.24, 2.45) is 5.92 Å². The second-order valence-corrected chi connectivity index (χ2v) is 2.05. The van der Waals surface area contributed by atoms with Gasteiger partial charge in [0.2, 0.25) is 0 Å². The van der Waals surface area contributed by atoms with E-state index in [1.54, 1.807) is 0 Å². The van der Waals surface area contributed by atoms with E-state index in [9.17, 15) is 13.2 Å². The van der Waals surface area contributed by atoms with Crippen LogP contribution in [0.15, 0.2) is 0 Å². The molecule has 0 amide bonds. The second kappa shape index (κ2) is 3.81. The minimum Gasteiger partial charge on any atom is -0.320 e. The number of halogens is 3. The highest BCUT2D eigenvalue weighted by atomic mass is 19.3. The van der Waals surface area contributed by atoms with E-state index in [1.807, 2.05) is 0 Å². The lowest BCUT2D eigenvalue weighted by molar-refractivity contribution is -0.267. The van der Waals surface area contributed by atoms with Crippen LogP contribution in [0.1, 0.15) is 13.8 Å². The summed E-state index contributed by atoms with van der Waals surface area (Å²) >= 11 is 0. The molecule has 0 rings (SSSR count). The maximum atomic E-state index is 12.4. The van der Waals surface area contributed by atoms with Gasteiger partial charge < -0.3 is 4.74 Å². The van der Waals surface area contributed by atoms with Gasteiger partial charge in [0.1, 0.15) is 6.67 Å². The number of ether oxygens (including phenoxy) is 1. The molecule has 0 aliphatic carbocycles. The Morgan fingerprint density at radius 2 is 2.00 bits per heavy atom. The van der Waals surface area contributed by atoms with E-state index in [-0.39, 0.29) is 6.61 Å². The van der Waals surface area contributed by atoms with Crippen LogP contribution < -0.4 is 0 Å². The van der Waals surface area contributed by atoms with E-state index in [0.717, 1.165) is 6.92 Å². The fourth-order valence-electron chi connectivity index (χ4n) is 0.425. The first-order valence-corrected chi connectivity index (χ1v) is 3.12. The third-order valence-corrected chi connectivity index (χ3v) is 1.14. The van der Waals surface area contributed by atoms with E-state index < -0.39 is 18.7 Å². The molecule has 0 bridgehead atoms. The Morgan fingerprint density at radius 1 is 1.50 bits per heavy atom. The average Bonchev–Trinajstić information content (AvgIpc) is 1.86. The lowest BCUT2D eigenvalue weighted by Crippen LogP contribution is -2.30. The Labute approximate surface area is 58.2 Å². The minimum atomic E-state index is -3.32. The topological polar surface area (TPSA) is 9.23 Å². The van der Waals surface area contributed by atoms with Gasteiger partial charge in [0, 0.05) is 0 Å². The highest BCUT2D eigenvalue weighted by Gasteiger charge is 2.36. The van der Waals surface area contributed by atoms with Gasteiger partial charge in [-0.1, -0.05) is 6.92 Å². The van der Waals surface area contributed by atoms with E-state index in [4.69, 9.17) is 0 Å². The van der Waals surface area contributed by atoms with Crippen LogP contribution in [0.4, 0.5) is 13.2 Å². The van der Waals surface area contributed by atoms with Crippen molar-refractivity contribution in [3.8, 4) is 0 Å². The second-order valence-electron chi connectivity index (χ2n) is 2.05. The molecule has 4 heteroatoms. The van der Waals surface area contributed by atoms with Crippen molar-refractivity contribution in [2.75, 3.05) is 13.3 Å². The molecule has 0 N–H and O–H groups in total. The third-order valence-electron chi connectivity index (χ3n) is 1.14. The quantitative estimate of drug-likeness (QED) is 0.606. The molecule has 0 heterocycles. The number of hydrogen-bond acceptors (Lipinski definition) is 1. The zero-order valence-corrected chi connectivity index (χ0v) is 6.03. The van der Waals surface area contributed by atoms with Crippen LogP contribution >= 0.6 is 0 Å². The standard InChI is InChI=1S/C6H11F3O/c1-3-10-6(8,9)5(2)4-7/h5H,3-4H2,1-2H3. The fourth-order valence-corrected chi connectivity index (χ4v) is 0.425. The summed E-state index contributed by atoms with van der Waals surface area (Å²) in [5, 5.41) is 0. The van der Waals surface area contributed by atoms with Crippen LogP contribution in [-0.2, 0) is 4.74 Å². The normalized spacial score (nSPS) is 15.3. The largest absolute Gasteiger partial charge is 0.360 e. The molecule has 0 radical (unpaired) electrons. The van der Waals surface area contributed by atoms with Gasteiger partial charge >= 0.3 is 6.11 Å². The molecule has 62 valence electrons. The van der Waals surface area contributed by atoms with Crippen molar-refractivity contribution in [1.82, 2.24) is 0 Å². The van der Waals surface area contributed by atoms with E-state index in [2.05, 4.69) is 4.74 Å². The summed E-state index contributed by atoms with van der Waals surface area (Å²) in [6.07, 6.45) is -3.32. The predicted octanol–water partition coefficient (Wildman–Crippen LogP) is 2.22. The molecule has 1 nitrogen and oxygen atoms in total. The Balaban J connectivity index is 3.82. The molecule has 0 aromatic carbocycles. The minimum absolute atomic E-state index is 0.0999. The van der Waals surface area contributed by atoms with Crippen molar-refractivity contribution in [1.29, 1.82) is 0 Å². The maximum Gasteiger partial charge on any atom is 0.360 e. The average molecular weight is 156 g/mol. The number of rotatable bonds is 4. The zero-order valence-electron chi connectivity index (χ0n) is 6.03. The van der Waals surface area contributed by atoms with Gasteiger partial charge in [0.05, 0.1) is 12.5 Å². The van der Waals surface area contributed by atoms with E-state index >= 15 is 0 Å². The van der Waals surface area contributed by atoms with Crippen LogP contribution in [0, 0.1) is 5.92 Å². The first-order chi connectivity index (χ1) is 4.54. The highest BCUT2D eigenvalue weighted by Crippen LogP contribution is 2.25. The smallest absolute Gasteiger partial charge is 0.320 e. The van der Waals surface area contributed by atoms with E-state index in [0.29, 0.717) is 0 Å². The Kier molecular flexibility index (Phi) is 3.71. The molecule has 0 aromatic rings. The molecule has 1 unspecified atom stereocenters. The summed E-state index contributed by atoms with van der Waals surface area (Å²) in [5.41, 5.74) is 0. The number of alkyl halides is 3. The van der Waals surface area contributed by atoms with Crippen molar-refractivity contribution in [3.63, 3.8) is 0 Å². The molecular formula is C6H11F3O. The molecular weight excluding hydrogens is 145 g/mol. The van der Waals surface area contributed by atoms with Crippen molar-refractivity contribution in [2.45, 2.75) is 20.0 Å². The van der Waals surface area contributed by atoms with Gasteiger partial charge in [-0.05, 0) is 6.92 Å². The fraction of sp³-hybridized carbons (Fsp3) is 1.00. The van der Waals surface area contributed by atoms with Crippen molar-refractivity contribution < 1.29 is 17.9 Å². The van der Waals surface area contributed by atoms with Crippen molar-refractivity contribution >= 4 is 0 Å². The molecule has 0 saturated carbocycles. The van der Waals surface area contributed by atoms with Crippen LogP contribution in [0.5, 0.6) is 0 Å². The summed E-state index contributed by atoms with van der Waals surface area (Å²) < 4.78 is 40.4. The van der Waals surface area contributed by atoms with Gasteiger partial charge in [-0.15, -0.1) is 0 Å². The Hall–Kier alpha value is -0.250. The number of hydrogen-bond donors (Lipinski definition) is 0. The predicted molar refractivity (Wildman–Crippen MR) is 31.7 cm³/mol. The summed E-state index contributed by atoms with van der Waals surface area (Å²) in [6, 6.07) is 0. The maximum absolute atomic E-state index is 12.4. The first-order valence-electron chi connectivity index (χ1n) is 3.12. The van der Waals surface area contributed by atoms with Crippen LogP contribution in [0.2, 0.25) is 0 Å². The van der Waals surface area contributed by atoms with E-state index in [1.165, 1.54) is 6.92 Å². The SMILES string of the molecule is CCOC(F)(F)C(C)CF. The van der Waals surface area contributed by atoms with Crippen LogP contribution in [0.3, 0.4) is 0 Å². The van der Waals surface area contributed by atoms with Crippen LogP contribution in [0.25, 0.3) is 0 Å². The monoisotopic (exact) mass is 156 g/mol. The van der Waals surface area contributed by atoms with Gasteiger partial charge in [0.25, 0.3) is 0 Å². The molecule has 0 aliphatic heterocycles. The molecule has 0 fully saturated rings. The van der Waals surface area contributed by atoms with Crippen molar-refractivity contribution in [3.05, 3.63) is 0 Å². The molecule has 1 atom stereocenters. The molecule has 0 aromatic heterocycles. The third kappa shape index (κ3) is 2.56. The summed E-state index contributed by atoms with van der Waals surface area (Å²) in [4.78, 5) is 0. The molecule has 0 spiro atoms. The van der Waals surface area contributed by atoms with Crippen LogP contribution in [-0.4, -0.2) is 19.4 Å². The van der Waals surface area contributed by atoms with Gasteiger partial charge in [0.15, 0.2) is 0 Å². The molecule has 0 saturated heterocycles. The lowest BCUT2D eigenvalue weighted by Gasteiger charge is -2.19.